The molecule has 5 nitrogen and oxygen atoms in total. The molecule has 0 saturated carbocycles. The van der Waals surface area contributed by atoms with E-state index >= 15 is 0 Å². The fraction of sp³-hybridized carbons (Fsp3) is 0.471. The maximum Gasteiger partial charge on any atom is 0.128 e. The van der Waals surface area contributed by atoms with Gasteiger partial charge < -0.3 is 9.80 Å². The van der Waals surface area contributed by atoms with Crippen LogP contribution in [0.15, 0.2) is 23.8 Å². The van der Waals surface area contributed by atoms with Crippen molar-refractivity contribution in [3.63, 3.8) is 0 Å². The smallest absolute Gasteiger partial charge is 0.128 e. The molecule has 3 heterocycles. The molecule has 1 atom stereocenters. The molecule has 0 aromatic carbocycles. The predicted octanol–water partition coefficient (Wildman–Crippen LogP) is 2.68. The highest BCUT2D eigenvalue weighted by Crippen LogP contribution is 2.23. The molecular weight excluding hydrogens is 306 g/mol. The Kier molecular flexibility index (Phi) is 4.89. The minimum Gasteiger partial charge on any atom is -0.356 e. The first kappa shape index (κ1) is 15.9. The largest absolute Gasteiger partial charge is 0.356 e. The van der Waals surface area contributed by atoms with Crippen molar-refractivity contribution in [3.8, 4) is 6.07 Å². The molecule has 0 spiro atoms. The van der Waals surface area contributed by atoms with E-state index in [0.29, 0.717) is 11.5 Å². The molecular formula is C17H21N5S. The average molecular weight is 327 g/mol. The number of rotatable bonds is 5. The summed E-state index contributed by atoms with van der Waals surface area (Å²) in [5, 5.41) is 8.85. The van der Waals surface area contributed by atoms with Gasteiger partial charge in [-0.1, -0.05) is 0 Å². The van der Waals surface area contributed by atoms with Crippen LogP contribution in [0.5, 0.6) is 0 Å². The van der Waals surface area contributed by atoms with Crippen molar-refractivity contribution in [2.75, 3.05) is 31.6 Å². The molecule has 0 N–H and O–H groups in total. The summed E-state index contributed by atoms with van der Waals surface area (Å²) in [6.45, 7) is 6.21. The van der Waals surface area contributed by atoms with Crippen LogP contribution in [0.25, 0.3) is 0 Å². The van der Waals surface area contributed by atoms with Crippen molar-refractivity contribution in [2.24, 2.45) is 5.92 Å². The maximum absolute atomic E-state index is 8.85. The number of nitrogens with zero attached hydrogens (tertiary/aromatic N) is 5. The van der Waals surface area contributed by atoms with Gasteiger partial charge in [0.1, 0.15) is 11.9 Å². The monoisotopic (exact) mass is 327 g/mol. The molecule has 0 unspecified atom stereocenters. The zero-order valence-corrected chi connectivity index (χ0v) is 14.4. The maximum atomic E-state index is 8.85. The molecule has 1 saturated heterocycles. The Hall–Kier alpha value is -1.97. The number of hydrogen-bond acceptors (Lipinski definition) is 6. The minimum atomic E-state index is 0.615. The summed E-state index contributed by atoms with van der Waals surface area (Å²) >= 11 is 1.74. The second-order valence-electron chi connectivity index (χ2n) is 6.18. The fourth-order valence-corrected chi connectivity index (χ4v) is 3.91. The fourth-order valence-electron chi connectivity index (χ4n) is 3.06. The number of hydrogen-bond donors (Lipinski definition) is 0. The Labute approximate surface area is 141 Å². The van der Waals surface area contributed by atoms with Crippen molar-refractivity contribution in [2.45, 2.75) is 19.9 Å². The highest BCUT2D eigenvalue weighted by atomic mass is 32.1. The van der Waals surface area contributed by atoms with Gasteiger partial charge in [-0.15, -0.1) is 11.3 Å². The number of aromatic nitrogens is 2. The van der Waals surface area contributed by atoms with Crippen LogP contribution < -0.4 is 4.90 Å². The molecule has 1 fully saturated rings. The number of aryl methyl sites for hydroxylation is 1. The van der Waals surface area contributed by atoms with Crippen LogP contribution >= 0.6 is 11.3 Å². The summed E-state index contributed by atoms with van der Waals surface area (Å²) in [5.74, 6) is 1.64. The lowest BCUT2D eigenvalue weighted by Gasteiger charge is -2.21. The van der Waals surface area contributed by atoms with Gasteiger partial charge in [0, 0.05) is 37.3 Å². The Morgan fingerprint density at radius 2 is 2.30 bits per heavy atom. The van der Waals surface area contributed by atoms with E-state index < -0.39 is 0 Å². The molecule has 0 bridgehead atoms. The SMILES string of the molecule is Cc1ncsc1CN(C)C[C@H]1CCN(c2ccc(C#N)cn2)C1. The summed E-state index contributed by atoms with van der Waals surface area (Å²) in [7, 11) is 2.18. The first-order chi connectivity index (χ1) is 11.2. The third-order valence-electron chi connectivity index (χ3n) is 4.32. The number of nitriles is 1. The topological polar surface area (TPSA) is 56.1 Å². The van der Waals surface area contributed by atoms with Crippen LogP contribution in [0, 0.1) is 24.2 Å². The summed E-state index contributed by atoms with van der Waals surface area (Å²) in [5.41, 5.74) is 3.69. The van der Waals surface area contributed by atoms with Crippen molar-refractivity contribution in [3.05, 3.63) is 40.0 Å². The quantitative estimate of drug-likeness (QED) is 0.845. The standard InChI is InChI=1S/C17H21N5S/c1-13-16(23-12-20-13)11-21(2)9-15-5-6-22(10-15)17-4-3-14(7-18)8-19-17/h3-4,8,12,15H,5-6,9-11H2,1-2H3/t15-/m1/s1. The third kappa shape index (κ3) is 3.87. The van der Waals surface area contributed by atoms with E-state index in [1.807, 2.05) is 17.6 Å². The average Bonchev–Trinajstić information content (AvgIpc) is 3.17. The highest BCUT2D eigenvalue weighted by Gasteiger charge is 2.24. The van der Waals surface area contributed by atoms with Gasteiger partial charge in [-0.05, 0) is 38.4 Å². The number of pyridine rings is 1. The number of thiazole rings is 1. The van der Waals surface area contributed by atoms with Crippen LogP contribution in [-0.2, 0) is 6.54 Å². The molecule has 2 aromatic heterocycles. The molecule has 23 heavy (non-hydrogen) atoms. The van der Waals surface area contributed by atoms with Crippen LogP contribution in [0.4, 0.5) is 5.82 Å². The lowest BCUT2D eigenvalue weighted by molar-refractivity contribution is 0.281. The van der Waals surface area contributed by atoms with E-state index in [4.69, 9.17) is 5.26 Å². The first-order valence-electron chi connectivity index (χ1n) is 7.84. The summed E-state index contributed by atoms with van der Waals surface area (Å²) in [6.07, 6.45) is 2.84. The molecule has 0 amide bonds. The van der Waals surface area contributed by atoms with Gasteiger partial charge in [-0.3, -0.25) is 0 Å². The lowest BCUT2D eigenvalue weighted by Crippen LogP contribution is -2.28. The van der Waals surface area contributed by atoms with Crippen molar-refractivity contribution in [1.29, 1.82) is 5.26 Å². The van der Waals surface area contributed by atoms with E-state index in [0.717, 1.165) is 37.7 Å². The molecule has 120 valence electrons. The molecule has 1 aliphatic heterocycles. The van der Waals surface area contributed by atoms with Gasteiger partial charge in [0.05, 0.1) is 16.8 Å². The van der Waals surface area contributed by atoms with Gasteiger partial charge in [0.2, 0.25) is 0 Å². The van der Waals surface area contributed by atoms with Crippen molar-refractivity contribution >= 4 is 17.2 Å². The summed E-state index contributed by atoms with van der Waals surface area (Å²) in [6, 6.07) is 5.90. The third-order valence-corrected chi connectivity index (χ3v) is 5.23. The van der Waals surface area contributed by atoms with E-state index in [2.05, 4.69) is 39.8 Å². The van der Waals surface area contributed by atoms with Crippen molar-refractivity contribution in [1.82, 2.24) is 14.9 Å². The molecule has 2 aromatic rings. The second kappa shape index (κ2) is 7.07. The van der Waals surface area contributed by atoms with Crippen molar-refractivity contribution < 1.29 is 0 Å². The van der Waals surface area contributed by atoms with Crippen LogP contribution in [0.1, 0.15) is 22.6 Å². The molecule has 3 rings (SSSR count). The Bertz CT molecular complexity index is 688. The lowest BCUT2D eigenvalue weighted by atomic mass is 10.1. The van der Waals surface area contributed by atoms with Gasteiger partial charge in [0.15, 0.2) is 0 Å². The molecule has 1 aliphatic rings. The minimum absolute atomic E-state index is 0.615. The van der Waals surface area contributed by atoms with Gasteiger partial charge >= 0.3 is 0 Å². The van der Waals surface area contributed by atoms with E-state index in [-0.39, 0.29) is 0 Å². The number of anilines is 1. The van der Waals surface area contributed by atoms with E-state index in [1.165, 1.54) is 11.3 Å². The second-order valence-corrected chi connectivity index (χ2v) is 7.11. The van der Waals surface area contributed by atoms with Crippen LogP contribution in [0.2, 0.25) is 0 Å². The van der Waals surface area contributed by atoms with Crippen LogP contribution in [0.3, 0.4) is 0 Å². The van der Waals surface area contributed by atoms with Gasteiger partial charge in [0.25, 0.3) is 0 Å². The van der Waals surface area contributed by atoms with Gasteiger partial charge in [-0.25, -0.2) is 9.97 Å². The van der Waals surface area contributed by atoms with Gasteiger partial charge in [-0.2, -0.15) is 5.26 Å². The summed E-state index contributed by atoms with van der Waals surface area (Å²) in [4.78, 5) is 14.8. The molecule has 6 heteroatoms. The highest BCUT2D eigenvalue weighted by molar-refractivity contribution is 7.09. The van der Waals surface area contributed by atoms with E-state index in [1.54, 1.807) is 17.5 Å². The summed E-state index contributed by atoms with van der Waals surface area (Å²) < 4.78 is 0. The van der Waals surface area contributed by atoms with Crippen LogP contribution in [-0.4, -0.2) is 41.5 Å². The Morgan fingerprint density at radius 1 is 1.43 bits per heavy atom. The normalized spacial score (nSPS) is 17.7. The molecule has 0 aliphatic carbocycles. The predicted molar refractivity (Wildman–Crippen MR) is 92.5 cm³/mol. The molecule has 0 radical (unpaired) electrons. The van der Waals surface area contributed by atoms with E-state index in [9.17, 15) is 0 Å². The Balaban J connectivity index is 1.53. The Morgan fingerprint density at radius 3 is 2.96 bits per heavy atom. The first-order valence-corrected chi connectivity index (χ1v) is 8.72. The zero-order valence-electron chi connectivity index (χ0n) is 13.6. The zero-order chi connectivity index (χ0) is 16.2.